The van der Waals surface area contributed by atoms with E-state index in [2.05, 4.69) is 14.8 Å². The summed E-state index contributed by atoms with van der Waals surface area (Å²) in [5.74, 6) is -4.10. The number of anilines is 1. The van der Waals surface area contributed by atoms with Crippen LogP contribution < -0.4 is 19.5 Å². The number of halogens is 6. The van der Waals surface area contributed by atoms with Crippen molar-refractivity contribution < 1.29 is 50.1 Å². The first kappa shape index (κ1) is 32.2. The van der Waals surface area contributed by atoms with E-state index in [1.807, 2.05) is 6.92 Å². The molecule has 230 valence electrons. The van der Waals surface area contributed by atoms with Crippen LogP contribution >= 0.6 is 23.2 Å². The van der Waals surface area contributed by atoms with Gasteiger partial charge in [0.2, 0.25) is 0 Å². The highest BCUT2D eigenvalue weighted by Crippen LogP contribution is 2.38. The number of sulfonamides is 1. The summed E-state index contributed by atoms with van der Waals surface area (Å²) < 4.78 is 90.5. The Kier molecular flexibility index (Phi) is 9.05. The van der Waals surface area contributed by atoms with Crippen molar-refractivity contribution in [1.82, 2.24) is 5.32 Å². The first-order valence-electron chi connectivity index (χ1n) is 12.4. The second-order valence-electron chi connectivity index (χ2n) is 9.87. The minimum atomic E-state index is -5.04. The molecule has 4 rings (SSSR count). The Bertz CT molecular complexity index is 1700. The number of hydrogen-bond acceptors (Lipinski definition) is 6. The molecule has 16 heteroatoms. The smallest absolute Gasteiger partial charge is 0.481 e. The van der Waals surface area contributed by atoms with Gasteiger partial charge in [-0.3, -0.25) is 14.3 Å². The first-order valence-corrected chi connectivity index (χ1v) is 14.6. The van der Waals surface area contributed by atoms with Crippen LogP contribution in [0.3, 0.4) is 0 Å². The van der Waals surface area contributed by atoms with E-state index in [4.69, 9.17) is 33.0 Å². The molecular formula is C27H22Cl2F4N2O7S. The van der Waals surface area contributed by atoms with Gasteiger partial charge < -0.3 is 19.9 Å². The minimum Gasteiger partial charge on any atom is -0.481 e. The van der Waals surface area contributed by atoms with Crippen molar-refractivity contribution in [2.24, 2.45) is 0 Å². The topological polar surface area (TPSA) is 131 Å². The summed E-state index contributed by atoms with van der Waals surface area (Å²) in [4.78, 5) is 23.3. The third-order valence-corrected chi connectivity index (χ3v) is 8.59. The van der Waals surface area contributed by atoms with Gasteiger partial charge in [-0.15, -0.1) is 13.2 Å². The van der Waals surface area contributed by atoms with Crippen LogP contribution in [0.1, 0.15) is 42.1 Å². The van der Waals surface area contributed by atoms with Crippen LogP contribution in [0.5, 0.6) is 17.2 Å². The van der Waals surface area contributed by atoms with Gasteiger partial charge in [0.15, 0.2) is 5.75 Å². The first-order chi connectivity index (χ1) is 19.9. The summed E-state index contributed by atoms with van der Waals surface area (Å²) in [5, 5.41) is 11.0. The molecule has 1 amide bonds. The lowest BCUT2D eigenvalue weighted by atomic mass is 9.78. The zero-order chi connectivity index (χ0) is 31.7. The van der Waals surface area contributed by atoms with Crippen LogP contribution in [0.4, 0.5) is 23.2 Å². The van der Waals surface area contributed by atoms with Gasteiger partial charge in [-0.1, -0.05) is 23.2 Å². The maximum absolute atomic E-state index is 14.6. The van der Waals surface area contributed by atoms with Crippen molar-refractivity contribution in [3.05, 3.63) is 75.5 Å². The second-order valence-corrected chi connectivity index (χ2v) is 12.3. The Morgan fingerprint density at radius 3 is 2.30 bits per heavy atom. The second kappa shape index (κ2) is 12.1. The normalized spacial score (nSPS) is 14.4. The standard InChI is InChI=1S/C27H22Cl2F4N2O7S/c1-26(7-2-8-26)34-25(38)14-3-5-21(41-22-13-19(30)15(9-17(22)28)11-24(36)37)20(10-14)35-43(39,40)23-6-4-16(12-18(23)29)42-27(31,32)33/h3-6,9-10,12-13,35H,2,7-8,11H2,1H3,(H,34,38)(H,36,37). The van der Waals surface area contributed by atoms with E-state index < -0.39 is 61.7 Å². The van der Waals surface area contributed by atoms with E-state index >= 15 is 0 Å². The van der Waals surface area contributed by atoms with E-state index in [1.54, 1.807) is 0 Å². The van der Waals surface area contributed by atoms with Crippen molar-refractivity contribution >= 4 is 50.8 Å². The Balaban J connectivity index is 1.71. The fraction of sp³-hybridized carbons (Fsp3) is 0.259. The SMILES string of the molecule is CC1(NC(=O)c2ccc(Oc3cc(F)c(CC(=O)O)cc3Cl)c(NS(=O)(=O)c3ccc(OC(F)(F)F)cc3Cl)c2)CCC1. The molecule has 1 aliphatic rings. The van der Waals surface area contributed by atoms with Gasteiger partial charge in [-0.2, -0.15) is 0 Å². The number of hydrogen-bond donors (Lipinski definition) is 3. The Morgan fingerprint density at radius 2 is 1.72 bits per heavy atom. The lowest BCUT2D eigenvalue weighted by molar-refractivity contribution is -0.274. The number of amides is 1. The van der Waals surface area contributed by atoms with E-state index in [-0.39, 0.29) is 33.3 Å². The van der Waals surface area contributed by atoms with Gasteiger partial charge in [0.25, 0.3) is 15.9 Å². The van der Waals surface area contributed by atoms with Crippen molar-refractivity contribution in [3.63, 3.8) is 0 Å². The minimum absolute atomic E-state index is 0.0206. The molecule has 0 atom stereocenters. The average molecular weight is 665 g/mol. The van der Waals surface area contributed by atoms with Crippen LogP contribution in [0.2, 0.25) is 10.0 Å². The number of alkyl halides is 3. The van der Waals surface area contributed by atoms with Gasteiger partial charge >= 0.3 is 12.3 Å². The molecular weight excluding hydrogens is 643 g/mol. The van der Waals surface area contributed by atoms with Crippen LogP contribution in [0.15, 0.2) is 53.4 Å². The molecule has 0 aromatic heterocycles. The molecule has 1 saturated carbocycles. The molecule has 9 nitrogen and oxygen atoms in total. The number of ether oxygens (including phenoxy) is 2. The molecule has 43 heavy (non-hydrogen) atoms. The number of carbonyl (C=O) groups excluding carboxylic acids is 1. The summed E-state index contributed by atoms with van der Waals surface area (Å²) in [5.41, 5.74) is -0.978. The molecule has 3 N–H and O–H groups in total. The third kappa shape index (κ3) is 8.00. The summed E-state index contributed by atoms with van der Waals surface area (Å²) in [7, 11) is -4.63. The number of nitrogens with one attached hydrogen (secondary N) is 2. The number of carboxylic acids is 1. The lowest BCUT2D eigenvalue weighted by Crippen LogP contribution is -2.50. The Labute approximate surface area is 252 Å². The fourth-order valence-corrected chi connectivity index (χ4v) is 6.00. The van der Waals surface area contributed by atoms with Crippen LogP contribution in [-0.2, 0) is 21.2 Å². The van der Waals surface area contributed by atoms with Gasteiger partial charge in [0, 0.05) is 28.8 Å². The molecule has 0 aliphatic heterocycles. The molecule has 3 aromatic rings. The highest BCUT2D eigenvalue weighted by Gasteiger charge is 2.34. The molecule has 0 bridgehead atoms. The number of aliphatic carboxylic acids is 1. The van der Waals surface area contributed by atoms with E-state index in [9.17, 15) is 35.6 Å². The zero-order valence-corrected chi connectivity index (χ0v) is 24.3. The van der Waals surface area contributed by atoms with Crippen molar-refractivity contribution in [3.8, 4) is 17.2 Å². The largest absolute Gasteiger partial charge is 0.573 e. The van der Waals surface area contributed by atoms with E-state index in [0.29, 0.717) is 6.07 Å². The van der Waals surface area contributed by atoms with Crippen LogP contribution in [0, 0.1) is 5.82 Å². The Morgan fingerprint density at radius 1 is 1.02 bits per heavy atom. The van der Waals surface area contributed by atoms with Crippen molar-refractivity contribution in [2.75, 3.05) is 4.72 Å². The van der Waals surface area contributed by atoms with Gasteiger partial charge in [0.1, 0.15) is 22.2 Å². The van der Waals surface area contributed by atoms with Crippen molar-refractivity contribution in [2.45, 2.75) is 49.4 Å². The Hall–Kier alpha value is -3.75. The lowest BCUT2D eigenvalue weighted by Gasteiger charge is -2.39. The molecule has 1 aliphatic carbocycles. The molecule has 0 radical (unpaired) electrons. The average Bonchev–Trinajstić information content (AvgIpc) is 2.85. The van der Waals surface area contributed by atoms with E-state index in [1.165, 1.54) is 12.1 Å². The number of benzene rings is 3. The molecule has 1 fully saturated rings. The highest BCUT2D eigenvalue weighted by molar-refractivity contribution is 7.92. The number of rotatable bonds is 10. The predicted octanol–water partition coefficient (Wildman–Crippen LogP) is 6.92. The highest BCUT2D eigenvalue weighted by atomic mass is 35.5. The van der Waals surface area contributed by atoms with Gasteiger partial charge in [0.05, 0.1) is 22.2 Å². The quantitative estimate of drug-likeness (QED) is 0.200. The van der Waals surface area contributed by atoms with Crippen LogP contribution in [-0.4, -0.2) is 37.3 Å². The molecule has 3 aromatic carbocycles. The van der Waals surface area contributed by atoms with E-state index in [0.717, 1.165) is 49.6 Å². The number of carboxylic acid groups (broad SMARTS) is 1. The summed E-state index contributed by atoms with van der Waals surface area (Å²) in [6.45, 7) is 1.86. The van der Waals surface area contributed by atoms with Crippen LogP contribution in [0.25, 0.3) is 0 Å². The maximum Gasteiger partial charge on any atom is 0.573 e. The monoisotopic (exact) mass is 664 g/mol. The fourth-order valence-electron chi connectivity index (χ4n) is 4.18. The third-order valence-electron chi connectivity index (χ3n) is 6.45. The zero-order valence-electron chi connectivity index (χ0n) is 22.0. The molecule has 0 heterocycles. The summed E-state index contributed by atoms with van der Waals surface area (Å²) in [6, 6.07) is 7.72. The summed E-state index contributed by atoms with van der Waals surface area (Å²) in [6.07, 6.45) is -3.29. The maximum atomic E-state index is 14.6. The molecule has 0 spiro atoms. The van der Waals surface area contributed by atoms with Crippen molar-refractivity contribution in [1.29, 1.82) is 0 Å². The number of carbonyl (C=O) groups is 2. The predicted molar refractivity (Wildman–Crippen MR) is 148 cm³/mol. The molecule has 0 unspecified atom stereocenters. The summed E-state index contributed by atoms with van der Waals surface area (Å²) >= 11 is 12.2. The molecule has 0 saturated heterocycles. The van der Waals surface area contributed by atoms with Gasteiger partial charge in [-0.25, -0.2) is 12.8 Å². The van der Waals surface area contributed by atoms with Gasteiger partial charge in [-0.05, 0) is 62.6 Å².